The Labute approximate surface area is 150 Å². The second kappa shape index (κ2) is 14.1. The summed E-state index contributed by atoms with van der Waals surface area (Å²) in [6, 6.07) is 9.35. The average Bonchev–Trinajstić information content (AvgIpc) is 2.61. The molecule has 0 fully saturated rings. The molecule has 0 bridgehead atoms. The Bertz CT molecular complexity index is 424. The Morgan fingerprint density at radius 2 is 1.92 bits per heavy atom. The highest BCUT2D eigenvalue weighted by Gasteiger charge is 2.04. The van der Waals surface area contributed by atoms with Crippen molar-refractivity contribution in [2.45, 2.75) is 84.5 Å². The van der Waals surface area contributed by atoms with E-state index in [9.17, 15) is 0 Å². The van der Waals surface area contributed by atoms with Crippen molar-refractivity contribution in [3.63, 3.8) is 0 Å². The minimum absolute atomic E-state index is 0.826. The minimum Gasteiger partial charge on any atom is -0.493 e. The van der Waals surface area contributed by atoms with Crippen LogP contribution in [0, 0.1) is 12.0 Å². The van der Waals surface area contributed by atoms with E-state index in [1.807, 2.05) is 18.2 Å². The van der Waals surface area contributed by atoms with Gasteiger partial charge in [0, 0.05) is 0 Å². The molecule has 1 atom stereocenters. The zero-order valence-corrected chi connectivity index (χ0v) is 16.0. The Balaban J connectivity index is 2.20. The molecule has 1 heteroatoms. The molecule has 0 amide bonds. The third-order valence-corrected chi connectivity index (χ3v) is 4.81. The van der Waals surface area contributed by atoms with Crippen molar-refractivity contribution < 1.29 is 4.74 Å². The van der Waals surface area contributed by atoms with Crippen LogP contribution in [-0.2, 0) is 6.42 Å². The van der Waals surface area contributed by atoms with E-state index in [1.54, 1.807) is 0 Å². The third-order valence-electron chi connectivity index (χ3n) is 4.81. The van der Waals surface area contributed by atoms with E-state index in [2.05, 4.69) is 32.6 Å². The maximum absolute atomic E-state index is 6.00. The molecule has 1 aromatic carbocycles. The third kappa shape index (κ3) is 9.80. The highest BCUT2D eigenvalue weighted by Crippen LogP contribution is 2.21. The maximum Gasteiger partial charge on any atom is 0.123 e. The Morgan fingerprint density at radius 1 is 1.12 bits per heavy atom. The van der Waals surface area contributed by atoms with Crippen molar-refractivity contribution in [3.05, 3.63) is 42.5 Å². The van der Waals surface area contributed by atoms with Crippen LogP contribution >= 0.6 is 0 Å². The second-order valence-electron chi connectivity index (χ2n) is 6.99. The average molecular weight is 330 g/mol. The van der Waals surface area contributed by atoms with Crippen LogP contribution in [0.4, 0.5) is 0 Å². The van der Waals surface area contributed by atoms with Gasteiger partial charge in [0.15, 0.2) is 0 Å². The summed E-state index contributed by atoms with van der Waals surface area (Å²) < 4.78 is 6.00. The lowest BCUT2D eigenvalue weighted by molar-refractivity contribution is 0.301. The van der Waals surface area contributed by atoms with Crippen LogP contribution in [0.5, 0.6) is 5.75 Å². The van der Waals surface area contributed by atoms with Crippen molar-refractivity contribution in [1.82, 2.24) is 0 Å². The van der Waals surface area contributed by atoms with E-state index in [1.165, 1.54) is 56.9 Å². The summed E-state index contributed by atoms with van der Waals surface area (Å²) in [5, 5.41) is 0. The van der Waals surface area contributed by atoms with Crippen molar-refractivity contribution in [2.75, 3.05) is 6.61 Å². The zero-order chi connectivity index (χ0) is 17.5. The predicted octanol–water partition coefficient (Wildman–Crippen LogP) is 7.15. The van der Waals surface area contributed by atoms with E-state index in [0.29, 0.717) is 0 Å². The summed E-state index contributed by atoms with van der Waals surface area (Å²) >= 11 is 0. The van der Waals surface area contributed by atoms with Crippen molar-refractivity contribution in [3.8, 4) is 5.75 Å². The van der Waals surface area contributed by atoms with Gasteiger partial charge in [0.1, 0.15) is 5.75 Å². The van der Waals surface area contributed by atoms with Crippen molar-refractivity contribution in [2.24, 2.45) is 5.92 Å². The topological polar surface area (TPSA) is 9.23 Å². The molecule has 1 aromatic rings. The van der Waals surface area contributed by atoms with Gasteiger partial charge in [-0.15, -0.1) is 6.58 Å². The van der Waals surface area contributed by atoms with Crippen LogP contribution in [0.15, 0.2) is 30.9 Å². The summed E-state index contributed by atoms with van der Waals surface area (Å²) in [5.74, 6) is 1.92. The summed E-state index contributed by atoms with van der Waals surface area (Å²) in [7, 11) is 0. The number of hydrogen-bond donors (Lipinski definition) is 0. The number of hydrogen-bond acceptors (Lipinski definition) is 1. The first-order valence-electron chi connectivity index (χ1n) is 10.0. The number of allylic oxidation sites excluding steroid dienone is 1. The fourth-order valence-electron chi connectivity index (χ4n) is 2.90. The normalized spacial score (nSPS) is 12.1. The summed E-state index contributed by atoms with van der Waals surface area (Å²) in [6.07, 6.45) is 15.8. The Hall–Kier alpha value is -1.24. The monoisotopic (exact) mass is 329 g/mol. The lowest BCUT2D eigenvalue weighted by Crippen LogP contribution is -2.00. The van der Waals surface area contributed by atoms with Crippen LogP contribution < -0.4 is 4.74 Å². The van der Waals surface area contributed by atoms with Crippen LogP contribution in [-0.4, -0.2) is 6.61 Å². The number of rotatable bonds is 15. The molecule has 1 rings (SSSR count). The van der Waals surface area contributed by atoms with Crippen molar-refractivity contribution in [1.29, 1.82) is 0 Å². The molecule has 1 unspecified atom stereocenters. The van der Waals surface area contributed by atoms with Gasteiger partial charge in [0.05, 0.1) is 6.61 Å². The smallest absolute Gasteiger partial charge is 0.123 e. The minimum atomic E-state index is 0.826. The lowest BCUT2D eigenvalue weighted by atomic mass is 9.99. The van der Waals surface area contributed by atoms with Crippen LogP contribution in [0.2, 0.25) is 0 Å². The van der Waals surface area contributed by atoms with Gasteiger partial charge < -0.3 is 4.74 Å². The van der Waals surface area contributed by atoms with Crippen LogP contribution in [0.3, 0.4) is 0 Å². The molecule has 0 aliphatic carbocycles. The molecule has 0 spiro atoms. The molecular formula is C23H37O. The quantitative estimate of drug-likeness (QED) is 0.245. The highest BCUT2D eigenvalue weighted by atomic mass is 16.5. The molecule has 0 heterocycles. The van der Waals surface area contributed by atoms with Gasteiger partial charge in [-0.05, 0) is 55.7 Å². The number of unbranched alkanes of at least 4 members (excludes halogenated alkanes) is 6. The number of ether oxygens (including phenoxy) is 1. The Kier molecular flexibility index (Phi) is 12.3. The van der Waals surface area contributed by atoms with Crippen molar-refractivity contribution >= 4 is 0 Å². The number of benzene rings is 1. The van der Waals surface area contributed by atoms with Gasteiger partial charge >= 0.3 is 0 Å². The van der Waals surface area contributed by atoms with Crippen LogP contribution in [0.1, 0.15) is 83.6 Å². The Morgan fingerprint density at radius 3 is 2.71 bits per heavy atom. The highest BCUT2D eigenvalue weighted by molar-refractivity contribution is 5.32. The predicted molar refractivity (Wildman–Crippen MR) is 106 cm³/mol. The molecule has 1 nitrogen and oxygen atoms in total. The molecule has 0 aromatic heterocycles. The van der Waals surface area contributed by atoms with E-state index >= 15 is 0 Å². The summed E-state index contributed by atoms with van der Waals surface area (Å²) in [6.45, 7) is 9.23. The molecule has 24 heavy (non-hydrogen) atoms. The molecule has 0 saturated heterocycles. The standard InChI is InChI=1S/C23H37O/c1-4-6-7-8-9-15-20-24-23-19-14-13-18-22(23)17-12-10-11-16-21(3)5-2/h4,13,18-19,21H,1,5-12,15-17,20H2,2-3H3. The second-order valence-corrected chi connectivity index (χ2v) is 6.99. The van der Waals surface area contributed by atoms with E-state index in [4.69, 9.17) is 4.74 Å². The van der Waals surface area contributed by atoms with E-state index in [-0.39, 0.29) is 0 Å². The molecule has 0 aliphatic heterocycles. The van der Waals surface area contributed by atoms with Gasteiger partial charge in [-0.1, -0.05) is 70.6 Å². The summed E-state index contributed by atoms with van der Waals surface area (Å²) in [4.78, 5) is 0. The zero-order valence-electron chi connectivity index (χ0n) is 16.0. The first-order valence-corrected chi connectivity index (χ1v) is 10.0. The van der Waals surface area contributed by atoms with E-state index in [0.717, 1.165) is 37.5 Å². The van der Waals surface area contributed by atoms with Gasteiger partial charge in [0.25, 0.3) is 0 Å². The molecule has 0 saturated carbocycles. The molecule has 1 radical (unpaired) electrons. The first kappa shape index (κ1) is 20.8. The number of aryl methyl sites for hydroxylation is 1. The molecule has 0 aliphatic rings. The van der Waals surface area contributed by atoms with Gasteiger partial charge in [0.2, 0.25) is 0 Å². The summed E-state index contributed by atoms with van der Waals surface area (Å²) in [5.41, 5.74) is 1.35. The fraction of sp³-hybridized carbons (Fsp3) is 0.652. The van der Waals surface area contributed by atoms with Gasteiger partial charge in [-0.25, -0.2) is 0 Å². The van der Waals surface area contributed by atoms with E-state index < -0.39 is 0 Å². The van der Waals surface area contributed by atoms with Crippen LogP contribution in [0.25, 0.3) is 0 Å². The maximum atomic E-state index is 6.00. The fourth-order valence-corrected chi connectivity index (χ4v) is 2.90. The molecular weight excluding hydrogens is 292 g/mol. The van der Waals surface area contributed by atoms with Gasteiger partial charge in [-0.3, -0.25) is 0 Å². The molecule has 0 N–H and O–H groups in total. The largest absolute Gasteiger partial charge is 0.493 e. The molecule has 135 valence electrons. The lowest BCUT2D eigenvalue weighted by Gasteiger charge is -2.12. The van der Waals surface area contributed by atoms with Gasteiger partial charge in [-0.2, -0.15) is 0 Å². The first-order chi connectivity index (χ1) is 11.8. The SMILES string of the molecule is C=CCCCCCCOc1c[c]ccc1CCCCCC(C)CC.